The molecule has 2 heterocycles. The number of aliphatic hydroxyl groups is 1. The van der Waals surface area contributed by atoms with E-state index in [1.165, 1.54) is 28.8 Å². The number of ether oxygens (including phenoxy) is 2. The van der Waals surface area contributed by atoms with Gasteiger partial charge in [-0.15, -0.1) is 10.2 Å². The zero-order valence-corrected chi connectivity index (χ0v) is 26.9. The molecule has 1 atom stereocenters. The number of aliphatic hydroxyl groups excluding tert-OH is 1. The first kappa shape index (κ1) is 32.2. The van der Waals surface area contributed by atoms with Crippen molar-refractivity contribution in [3.8, 4) is 11.5 Å². The number of halogens is 1. The largest absolute Gasteiger partial charge is 0.507 e. The smallest absolute Gasteiger partial charge is 0.301 e. The number of carbonyl (C=O) groups is 2. The predicted octanol–water partition coefficient (Wildman–Crippen LogP) is 7.81. The number of nitrogens with zero attached hydrogens (tertiary/aromatic N) is 3. The quantitative estimate of drug-likeness (QED) is 0.0516. The van der Waals surface area contributed by atoms with Crippen molar-refractivity contribution in [1.82, 2.24) is 10.2 Å². The van der Waals surface area contributed by atoms with Crippen molar-refractivity contribution in [3.05, 3.63) is 101 Å². The Morgan fingerprint density at radius 2 is 1.73 bits per heavy atom. The normalized spacial score (nSPS) is 16.0. The van der Waals surface area contributed by atoms with Crippen LogP contribution in [-0.4, -0.2) is 40.2 Å². The summed E-state index contributed by atoms with van der Waals surface area (Å²) in [5.41, 5.74) is 1.80. The monoisotopic (exact) mass is 647 g/mol. The summed E-state index contributed by atoms with van der Waals surface area (Å²) in [6.07, 6.45) is 1.72. The molecule has 0 spiro atoms. The van der Waals surface area contributed by atoms with Gasteiger partial charge in [-0.25, -0.2) is 4.39 Å². The second kappa shape index (κ2) is 14.7. The fourth-order valence-corrected chi connectivity index (χ4v) is 6.52. The number of thioether (sulfide) groups is 1. The lowest BCUT2D eigenvalue weighted by atomic mass is 9.95. The molecule has 0 aliphatic carbocycles. The third kappa shape index (κ3) is 7.72. The molecule has 234 valence electrons. The molecule has 1 fully saturated rings. The molecule has 0 radical (unpaired) electrons. The minimum Gasteiger partial charge on any atom is -0.507 e. The number of aromatic nitrogens is 2. The molecule has 45 heavy (non-hydrogen) atoms. The van der Waals surface area contributed by atoms with Gasteiger partial charge in [-0.2, -0.15) is 0 Å². The fraction of sp³-hybridized carbons (Fsp3) is 0.294. The van der Waals surface area contributed by atoms with Crippen molar-refractivity contribution in [2.45, 2.75) is 49.7 Å². The lowest BCUT2D eigenvalue weighted by Crippen LogP contribution is -2.29. The summed E-state index contributed by atoms with van der Waals surface area (Å²) >= 11 is 2.55. The summed E-state index contributed by atoms with van der Waals surface area (Å²) in [6, 6.07) is 19.1. The van der Waals surface area contributed by atoms with Crippen molar-refractivity contribution >= 4 is 45.7 Å². The van der Waals surface area contributed by atoms with Gasteiger partial charge in [0.05, 0.1) is 24.8 Å². The topological polar surface area (TPSA) is 102 Å². The predicted molar refractivity (Wildman–Crippen MR) is 174 cm³/mol. The molecule has 1 aromatic heterocycles. The number of hydrogen-bond donors (Lipinski definition) is 1. The number of Topliss-reactive ketones (excluding diaryl/α,β-unsaturated/α-hetero) is 1. The van der Waals surface area contributed by atoms with E-state index < -0.39 is 17.7 Å². The molecular weight excluding hydrogens is 614 g/mol. The van der Waals surface area contributed by atoms with Gasteiger partial charge in [0.25, 0.3) is 5.78 Å². The number of anilines is 1. The molecule has 0 saturated carbocycles. The Morgan fingerprint density at radius 3 is 2.44 bits per heavy atom. The Balaban J connectivity index is 1.51. The summed E-state index contributed by atoms with van der Waals surface area (Å²) in [7, 11) is 0. The van der Waals surface area contributed by atoms with E-state index in [4.69, 9.17) is 9.47 Å². The van der Waals surface area contributed by atoms with Crippen LogP contribution in [0.25, 0.3) is 5.76 Å². The van der Waals surface area contributed by atoms with Gasteiger partial charge in [-0.05, 0) is 78.4 Å². The van der Waals surface area contributed by atoms with E-state index in [-0.39, 0.29) is 22.3 Å². The minimum atomic E-state index is -0.974. The lowest BCUT2D eigenvalue weighted by molar-refractivity contribution is -0.132. The Hall–Kier alpha value is -4.22. The minimum absolute atomic E-state index is 0.0581. The van der Waals surface area contributed by atoms with Gasteiger partial charge in [-0.1, -0.05) is 68.1 Å². The van der Waals surface area contributed by atoms with Crippen molar-refractivity contribution in [2.24, 2.45) is 5.92 Å². The van der Waals surface area contributed by atoms with Gasteiger partial charge >= 0.3 is 5.91 Å². The molecule has 3 aromatic carbocycles. The van der Waals surface area contributed by atoms with Gasteiger partial charge in [-0.3, -0.25) is 14.5 Å². The summed E-state index contributed by atoms with van der Waals surface area (Å²) in [5.74, 6) is -0.0544. The van der Waals surface area contributed by atoms with Crippen molar-refractivity contribution in [2.75, 3.05) is 18.1 Å². The first-order valence-electron chi connectivity index (χ1n) is 14.7. The number of ketones is 1. The maximum Gasteiger partial charge on any atom is 0.301 e. The average molecular weight is 648 g/mol. The highest BCUT2D eigenvalue weighted by Gasteiger charge is 2.48. The van der Waals surface area contributed by atoms with E-state index >= 15 is 0 Å². The number of rotatable bonds is 13. The van der Waals surface area contributed by atoms with Crippen LogP contribution < -0.4 is 14.4 Å². The molecular formula is C34H34FN3O5S2. The highest BCUT2D eigenvalue weighted by atomic mass is 32.2. The summed E-state index contributed by atoms with van der Waals surface area (Å²) in [5, 5.41) is 20.3. The second-order valence-electron chi connectivity index (χ2n) is 10.9. The summed E-state index contributed by atoms with van der Waals surface area (Å²) < 4.78 is 25.5. The maximum absolute atomic E-state index is 13.6. The van der Waals surface area contributed by atoms with Crippen LogP contribution in [0.3, 0.4) is 0 Å². The van der Waals surface area contributed by atoms with Crippen LogP contribution in [0, 0.1) is 11.7 Å². The molecule has 0 bridgehead atoms. The first-order valence-corrected chi connectivity index (χ1v) is 16.5. The third-order valence-corrected chi connectivity index (χ3v) is 9.19. The number of carbonyl (C=O) groups excluding carboxylic acids is 2. The van der Waals surface area contributed by atoms with Crippen LogP contribution >= 0.6 is 23.1 Å². The van der Waals surface area contributed by atoms with Crippen LogP contribution in [0.1, 0.15) is 56.3 Å². The van der Waals surface area contributed by atoms with E-state index in [0.29, 0.717) is 51.9 Å². The van der Waals surface area contributed by atoms with E-state index in [1.807, 2.05) is 13.0 Å². The van der Waals surface area contributed by atoms with E-state index in [1.54, 1.807) is 54.6 Å². The Morgan fingerprint density at radius 1 is 1.00 bits per heavy atom. The molecule has 1 amide bonds. The molecule has 1 saturated heterocycles. The zero-order chi connectivity index (χ0) is 31.9. The number of benzene rings is 3. The highest BCUT2D eigenvalue weighted by Crippen LogP contribution is 2.44. The fourth-order valence-electron chi connectivity index (χ4n) is 4.70. The maximum atomic E-state index is 13.6. The molecule has 1 unspecified atom stereocenters. The molecule has 1 aliphatic rings. The molecule has 1 N–H and O–H groups in total. The van der Waals surface area contributed by atoms with Gasteiger partial charge in [0, 0.05) is 11.3 Å². The van der Waals surface area contributed by atoms with Crippen LogP contribution in [0.15, 0.2) is 82.7 Å². The van der Waals surface area contributed by atoms with Gasteiger partial charge < -0.3 is 14.6 Å². The highest BCUT2D eigenvalue weighted by molar-refractivity contribution is 8.00. The molecule has 5 rings (SSSR count). The Labute approximate surface area is 269 Å². The summed E-state index contributed by atoms with van der Waals surface area (Å²) in [4.78, 5) is 28.6. The van der Waals surface area contributed by atoms with E-state index in [9.17, 15) is 19.1 Å². The van der Waals surface area contributed by atoms with Gasteiger partial charge in [0.2, 0.25) is 5.13 Å². The standard InChI is InChI=1S/C34H34FN3O5S2/c1-4-17-42-26-14-10-23(11-15-26)30(39)28-29(24-6-5-7-27(19-24)43-18-16-21(2)3)38(32(41)31(28)40)33-36-37-34(45-33)44-20-22-8-12-25(35)13-9-22/h5-15,19,21,29,39H,4,16-18,20H2,1-3H3. The zero-order valence-electron chi connectivity index (χ0n) is 25.2. The first-order chi connectivity index (χ1) is 21.7. The molecule has 4 aromatic rings. The van der Waals surface area contributed by atoms with Crippen LogP contribution in [0.4, 0.5) is 9.52 Å². The van der Waals surface area contributed by atoms with E-state index in [2.05, 4.69) is 24.0 Å². The van der Waals surface area contributed by atoms with E-state index in [0.717, 1.165) is 29.7 Å². The Kier molecular flexibility index (Phi) is 10.5. The van der Waals surface area contributed by atoms with Gasteiger partial charge in [0.15, 0.2) is 4.34 Å². The average Bonchev–Trinajstić information content (AvgIpc) is 3.61. The molecule has 8 nitrogen and oxygen atoms in total. The van der Waals surface area contributed by atoms with Crippen LogP contribution in [-0.2, 0) is 15.3 Å². The lowest BCUT2D eigenvalue weighted by Gasteiger charge is -2.23. The number of hydrogen-bond acceptors (Lipinski definition) is 9. The van der Waals surface area contributed by atoms with Crippen molar-refractivity contribution < 1.29 is 28.6 Å². The summed E-state index contributed by atoms with van der Waals surface area (Å²) in [6.45, 7) is 7.31. The Bertz CT molecular complexity index is 1670. The van der Waals surface area contributed by atoms with Crippen LogP contribution in [0.2, 0.25) is 0 Å². The molecule has 11 heteroatoms. The van der Waals surface area contributed by atoms with Crippen molar-refractivity contribution in [1.29, 1.82) is 0 Å². The number of amides is 1. The third-order valence-electron chi connectivity index (χ3n) is 7.06. The van der Waals surface area contributed by atoms with Gasteiger partial charge in [0.1, 0.15) is 23.1 Å². The second-order valence-corrected chi connectivity index (χ2v) is 13.1. The van der Waals surface area contributed by atoms with Crippen LogP contribution in [0.5, 0.6) is 11.5 Å². The van der Waals surface area contributed by atoms with Crippen molar-refractivity contribution in [3.63, 3.8) is 0 Å². The SMILES string of the molecule is CCCOc1ccc(C(O)=C2C(=O)C(=O)N(c3nnc(SCc4ccc(F)cc4)s3)C2c2cccc(OCCC(C)C)c2)cc1. The molecule has 1 aliphatic heterocycles.